The molecule has 21 heavy (non-hydrogen) atoms. The third kappa shape index (κ3) is 3.53. The van der Waals surface area contributed by atoms with Crippen molar-refractivity contribution in [2.45, 2.75) is 12.8 Å². The van der Waals surface area contributed by atoms with E-state index in [0.29, 0.717) is 18.2 Å². The van der Waals surface area contributed by atoms with Gasteiger partial charge in [0.25, 0.3) is 0 Å². The zero-order valence-corrected chi connectivity index (χ0v) is 12.7. The lowest BCUT2D eigenvalue weighted by Crippen LogP contribution is -2.49. The summed E-state index contributed by atoms with van der Waals surface area (Å²) in [5, 5.41) is 0. The van der Waals surface area contributed by atoms with Crippen molar-refractivity contribution in [3.05, 3.63) is 24.4 Å². The van der Waals surface area contributed by atoms with Crippen molar-refractivity contribution in [1.82, 2.24) is 14.8 Å². The summed E-state index contributed by atoms with van der Waals surface area (Å²) in [6.07, 6.45) is 3.70. The fraction of sp³-hybridized carbons (Fsp3) is 0.625. The van der Waals surface area contributed by atoms with Gasteiger partial charge in [-0.05, 0) is 38.1 Å². The van der Waals surface area contributed by atoms with E-state index < -0.39 is 0 Å². The summed E-state index contributed by atoms with van der Waals surface area (Å²) >= 11 is 0. The number of amides is 1. The van der Waals surface area contributed by atoms with Crippen LogP contribution in [-0.4, -0.2) is 67.0 Å². The van der Waals surface area contributed by atoms with Crippen molar-refractivity contribution in [3.63, 3.8) is 0 Å². The third-order valence-electron chi connectivity index (χ3n) is 4.56. The molecular weight excluding hydrogens is 264 g/mol. The fourth-order valence-corrected chi connectivity index (χ4v) is 3.29. The number of nitrogens with zero attached hydrogens (tertiary/aromatic N) is 4. The van der Waals surface area contributed by atoms with Gasteiger partial charge in [0.1, 0.15) is 5.82 Å². The molecule has 2 aliphatic rings. The van der Waals surface area contributed by atoms with Crippen LogP contribution in [0.3, 0.4) is 0 Å². The second kappa shape index (κ2) is 6.43. The Morgan fingerprint density at radius 1 is 1.24 bits per heavy atom. The minimum Gasteiger partial charge on any atom is -0.353 e. The first-order chi connectivity index (χ1) is 10.2. The van der Waals surface area contributed by atoms with Gasteiger partial charge < -0.3 is 14.7 Å². The van der Waals surface area contributed by atoms with E-state index in [0.717, 1.165) is 51.5 Å². The molecule has 1 atom stereocenters. The summed E-state index contributed by atoms with van der Waals surface area (Å²) in [6, 6.07) is 5.98. The van der Waals surface area contributed by atoms with Crippen molar-refractivity contribution in [1.29, 1.82) is 0 Å². The van der Waals surface area contributed by atoms with Gasteiger partial charge >= 0.3 is 0 Å². The van der Waals surface area contributed by atoms with Crippen molar-refractivity contribution in [3.8, 4) is 0 Å². The molecule has 114 valence electrons. The Kier molecular flexibility index (Phi) is 4.39. The van der Waals surface area contributed by atoms with E-state index in [9.17, 15) is 4.79 Å². The molecule has 0 spiro atoms. The van der Waals surface area contributed by atoms with Crippen LogP contribution in [0.15, 0.2) is 24.4 Å². The Morgan fingerprint density at radius 3 is 2.67 bits per heavy atom. The number of rotatable bonds is 3. The zero-order chi connectivity index (χ0) is 14.7. The molecule has 5 heteroatoms. The second-order valence-electron chi connectivity index (χ2n) is 6.18. The van der Waals surface area contributed by atoms with Crippen LogP contribution < -0.4 is 4.90 Å². The summed E-state index contributed by atoms with van der Waals surface area (Å²) in [5.41, 5.74) is 0. The van der Waals surface area contributed by atoms with Gasteiger partial charge in [-0.1, -0.05) is 6.07 Å². The lowest BCUT2D eigenvalue weighted by Gasteiger charge is -2.35. The molecule has 0 radical (unpaired) electrons. The molecule has 2 aliphatic heterocycles. The highest BCUT2D eigenvalue weighted by Gasteiger charge is 2.26. The number of hydrogen-bond donors (Lipinski definition) is 0. The Balaban J connectivity index is 1.48. The van der Waals surface area contributed by atoms with E-state index in [1.807, 2.05) is 29.3 Å². The number of carbonyl (C=O) groups excluding carboxylic acids is 1. The lowest BCUT2D eigenvalue weighted by molar-refractivity contribution is -0.132. The van der Waals surface area contributed by atoms with E-state index in [1.165, 1.54) is 0 Å². The number of carbonyl (C=O) groups is 1. The summed E-state index contributed by atoms with van der Waals surface area (Å²) < 4.78 is 0. The van der Waals surface area contributed by atoms with E-state index in [4.69, 9.17) is 0 Å². The van der Waals surface area contributed by atoms with Crippen molar-refractivity contribution in [2.75, 3.05) is 51.2 Å². The number of piperazine rings is 1. The molecule has 1 amide bonds. The van der Waals surface area contributed by atoms with Gasteiger partial charge in [-0.15, -0.1) is 0 Å². The predicted octanol–water partition coefficient (Wildman–Crippen LogP) is 1.07. The van der Waals surface area contributed by atoms with Crippen LogP contribution in [0.25, 0.3) is 0 Å². The minimum absolute atomic E-state index is 0.330. The number of pyridine rings is 1. The SMILES string of the molecule is CN1CCC(CC(=O)N2CCN(c3ccccn3)CC2)C1. The molecule has 0 saturated carbocycles. The number of hydrogen-bond acceptors (Lipinski definition) is 4. The van der Waals surface area contributed by atoms with Gasteiger partial charge in [0.05, 0.1) is 0 Å². The second-order valence-corrected chi connectivity index (χ2v) is 6.18. The molecule has 0 aliphatic carbocycles. The molecule has 0 N–H and O–H groups in total. The monoisotopic (exact) mass is 288 g/mol. The number of likely N-dealkylation sites (tertiary alicyclic amines) is 1. The summed E-state index contributed by atoms with van der Waals surface area (Å²) in [6.45, 7) is 5.60. The summed E-state index contributed by atoms with van der Waals surface area (Å²) in [4.78, 5) is 23.4. The zero-order valence-electron chi connectivity index (χ0n) is 12.7. The number of aromatic nitrogens is 1. The molecule has 2 saturated heterocycles. The highest BCUT2D eigenvalue weighted by molar-refractivity contribution is 5.76. The molecule has 2 fully saturated rings. The van der Waals surface area contributed by atoms with Gasteiger partial charge in [-0.2, -0.15) is 0 Å². The molecule has 0 bridgehead atoms. The van der Waals surface area contributed by atoms with Crippen LogP contribution in [0.5, 0.6) is 0 Å². The van der Waals surface area contributed by atoms with Crippen LogP contribution in [-0.2, 0) is 4.79 Å². The highest BCUT2D eigenvalue weighted by atomic mass is 16.2. The molecule has 1 aromatic heterocycles. The van der Waals surface area contributed by atoms with Crippen molar-refractivity contribution < 1.29 is 4.79 Å². The minimum atomic E-state index is 0.330. The van der Waals surface area contributed by atoms with E-state index >= 15 is 0 Å². The van der Waals surface area contributed by atoms with Gasteiger partial charge in [0.15, 0.2) is 0 Å². The molecular formula is C16H24N4O. The van der Waals surface area contributed by atoms with Crippen molar-refractivity contribution >= 4 is 11.7 Å². The molecule has 3 heterocycles. The van der Waals surface area contributed by atoms with Crippen LogP contribution >= 0.6 is 0 Å². The molecule has 5 nitrogen and oxygen atoms in total. The quantitative estimate of drug-likeness (QED) is 0.834. The Labute approximate surface area is 126 Å². The fourth-order valence-electron chi connectivity index (χ4n) is 3.29. The predicted molar refractivity (Wildman–Crippen MR) is 83.3 cm³/mol. The largest absolute Gasteiger partial charge is 0.353 e. The maximum Gasteiger partial charge on any atom is 0.223 e. The van der Waals surface area contributed by atoms with Crippen LogP contribution in [0.2, 0.25) is 0 Å². The maximum atomic E-state index is 12.4. The van der Waals surface area contributed by atoms with Crippen LogP contribution in [0.4, 0.5) is 5.82 Å². The molecule has 3 rings (SSSR count). The first-order valence-electron chi connectivity index (χ1n) is 7.84. The van der Waals surface area contributed by atoms with Gasteiger partial charge in [-0.3, -0.25) is 4.79 Å². The standard InChI is InChI=1S/C16H24N4O/c1-18-7-5-14(13-18)12-16(21)20-10-8-19(9-11-20)15-4-2-3-6-17-15/h2-4,6,14H,5,7-13H2,1H3. The average Bonchev–Trinajstić information content (AvgIpc) is 2.93. The maximum absolute atomic E-state index is 12.4. The van der Waals surface area contributed by atoms with Gasteiger partial charge in [0.2, 0.25) is 5.91 Å². The molecule has 0 aromatic carbocycles. The topological polar surface area (TPSA) is 39.7 Å². The number of anilines is 1. The van der Waals surface area contributed by atoms with Crippen LogP contribution in [0, 0.1) is 5.92 Å². The van der Waals surface area contributed by atoms with Gasteiger partial charge in [-0.25, -0.2) is 4.98 Å². The van der Waals surface area contributed by atoms with Gasteiger partial charge in [0, 0.05) is 45.3 Å². The normalized spacial score (nSPS) is 23.6. The Bertz CT molecular complexity index is 470. The Morgan fingerprint density at radius 2 is 2.05 bits per heavy atom. The van der Waals surface area contributed by atoms with E-state index in [-0.39, 0.29) is 0 Å². The van der Waals surface area contributed by atoms with E-state index in [1.54, 1.807) is 0 Å². The first kappa shape index (κ1) is 14.3. The van der Waals surface area contributed by atoms with E-state index in [2.05, 4.69) is 21.8 Å². The lowest BCUT2D eigenvalue weighted by atomic mass is 10.0. The highest BCUT2D eigenvalue weighted by Crippen LogP contribution is 2.20. The van der Waals surface area contributed by atoms with Crippen molar-refractivity contribution in [2.24, 2.45) is 5.92 Å². The third-order valence-corrected chi connectivity index (χ3v) is 4.56. The molecule has 1 aromatic rings. The molecule has 1 unspecified atom stereocenters. The average molecular weight is 288 g/mol. The first-order valence-corrected chi connectivity index (χ1v) is 7.84. The van der Waals surface area contributed by atoms with Crippen LogP contribution in [0.1, 0.15) is 12.8 Å². The Hall–Kier alpha value is -1.62. The smallest absolute Gasteiger partial charge is 0.223 e. The summed E-state index contributed by atoms with van der Waals surface area (Å²) in [5.74, 6) is 1.90. The summed E-state index contributed by atoms with van der Waals surface area (Å²) in [7, 11) is 2.14.